The first-order valence-electron chi connectivity index (χ1n) is 5.97. The molecule has 2 aromatic rings. The fraction of sp³-hybridized carbons (Fsp3) is 0.286. The van der Waals surface area contributed by atoms with Crippen LogP contribution in [0.15, 0.2) is 28.8 Å². The zero-order valence-corrected chi connectivity index (χ0v) is 10.4. The van der Waals surface area contributed by atoms with Crippen molar-refractivity contribution in [3.63, 3.8) is 0 Å². The molecule has 0 aliphatic rings. The molecule has 4 heteroatoms. The van der Waals surface area contributed by atoms with Gasteiger partial charge in [-0.05, 0) is 30.0 Å². The molecule has 1 aromatic heterocycles. The van der Waals surface area contributed by atoms with Gasteiger partial charge in [0.25, 0.3) is 0 Å². The Labute approximate surface area is 105 Å². The molecular formula is C14H15NO3. The maximum atomic E-state index is 10.8. The smallest absolute Gasteiger partial charge is 0.358 e. The second kappa shape index (κ2) is 5.04. The summed E-state index contributed by atoms with van der Waals surface area (Å²) in [7, 11) is 0. The fourth-order valence-electron chi connectivity index (χ4n) is 1.88. The minimum Gasteiger partial charge on any atom is -0.476 e. The van der Waals surface area contributed by atoms with Gasteiger partial charge in [0.15, 0.2) is 11.5 Å². The van der Waals surface area contributed by atoms with Crippen LogP contribution in [0.1, 0.15) is 35.5 Å². The molecular weight excluding hydrogens is 230 g/mol. The van der Waals surface area contributed by atoms with E-state index in [1.165, 1.54) is 11.6 Å². The summed E-state index contributed by atoms with van der Waals surface area (Å²) in [5.41, 5.74) is 3.18. The van der Waals surface area contributed by atoms with Crippen molar-refractivity contribution in [2.24, 2.45) is 0 Å². The van der Waals surface area contributed by atoms with Crippen LogP contribution in [0.5, 0.6) is 0 Å². The molecule has 0 bridgehead atoms. The Kier molecular flexibility index (Phi) is 3.46. The predicted octanol–water partition coefficient (Wildman–Crippen LogP) is 3.16. The number of hydrogen-bond acceptors (Lipinski definition) is 3. The summed E-state index contributed by atoms with van der Waals surface area (Å²) in [6.07, 6.45) is 1.79. The van der Waals surface area contributed by atoms with Gasteiger partial charge in [-0.1, -0.05) is 31.1 Å². The van der Waals surface area contributed by atoms with Gasteiger partial charge in [-0.3, -0.25) is 0 Å². The number of hydrogen-bond donors (Lipinski definition) is 1. The zero-order valence-electron chi connectivity index (χ0n) is 10.4. The Bertz CT molecular complexity index is 572. The van der Waals surface area contributed by atoms with Gasteiger partial charge in [0.1, 0.15) is 0 Å². The van der Waals surface area contributed by atoms with E-state index in [1.54, 1.807) is 0 Å². The Morgan fingerprint density at radius 1 is 1.28 bits per heavy atom. The van der Waals surface area contributed by atoms with Crippen LogP contribution in [-0.2, 0) is 12.8 Å². The van der Waals surface area contributed by atoms with Crippen LogP contribution in [0.2, 0.25) is 0 Å². The minimum absolute atomic E-state index is 0.0612. The number of aromatic nitrogens is 1. The van der Waals surface area contributed by atoms with Gasteiger partial charge in [-0.25, -0.2) is 4.79 Å². The summed E-state index contributed by atoms with van der Waals surface area (Å²) in [5.74, 6) is -0.561. The third-order valence-electron chi connectivity index (χ3n) is 2.96. The molecule has 0 fully saturated rings. The summed E-state index contributed by atoms with van der Waals surface area (Å²) in [6, 6.07) is 7.63. The highest BCUT2D eigenvalue weighted by molar-refractivity contribution is 5.86. The van der Waals surface area contributed by atoms with Crippen molar-refractivity contribution in [3.05, 3.63) is 41.1 Å². The maximum Gasteiger partial charge on any atom is 0.358 e. The van der Waals surface area contributed by atoms with Crippen LogP contribution in [-0.4, -0.2) is 16.2 Å². The van der Waals surface area contributed by atoms with Gasteiger partial charge in [0.2, 0.25) is 0 Å². The first kappa shape index (κ1) is 12.4. The summed E-state index contributed by atoms with van der Waals surface area (Å²) in [5, 5.41) is 12.4. The molecule has 1 heterocycles. The number of nitrogens with zero attached hydrogens (tertiary/aromatic N) is 1. The van der Waals surface area contributed by atoms with Gasteiger partial charge in [-0.2, -0.15) is 0 Å². The van der Waals surface area contributed by atoms with Gasteiger partial charge < -0.3 is 9.63 Å². The Balaban J connectivity index is 2.50. The normalized spacial score (nSPS) is 10.6. The molecule has 1 aromatic carbocycles. The lowest BCUT2D eigenvalue weighted by Crippen LogP contribution is -1.94. The van der Waals surface area contributed by atoms with Gasteiger partial charge in [0, 0.05) is 11.6 Å². The number of aryl methyl sites for hydroxylation is 2. The van der Waals surface area contributed by atoms with Crippen LogP contribution in [0.4, 0.5) is 0 Å². The van der Waals surface area contributed by atoms with Gasteiger partial charge in [-0.15, -0.1) is 0 Å². The number of carboxylic acids is 1. The quantitative estimate of drug-likeness (QED) is 0.898. The lowest BCUT2D eigenvalue weighted by Gasteiger charge is -2.06. The van der Waals surface area contributed by atoms with Crippen LogP contribution in [0, 0.1) is 0 Å². The van der Waals surface area contributed by atoms with Crippen molar-refractivity contribution in [3.8, 4) is 11.3 Å². The number of rotatable bonds is 4. The molecule has 0 atom stereocenters. The molecule has 0 saturated heterocycles. The summed E-state index contributed by atoms with van der Waals surface area (Å²) in [4.78, 5) is 10.8. The molecule has 0 aliphatic carbocycles. The fourth-order valence-corrected chi connectivity index (χ4v) is 1.88. The van der Waals surface area contributed by atoms with E-state index in [9.17, 15) is 4.79 Å². The van der Waals surface area contributed by atoms with E-state index in [4.69, 9.17) is 9.63 Å². The SMILES string of the molecule is CCc1ccc(CC)c(-c2cc(C(=O)O)no2)c1. The maximum absolute atomic E-state index is 10.8. The third kappa shape index (κ3) is 2.27. The number of benzene rings is 1. The topological polar surface area (TPSA) is 63.3 Å². The molecule has 0 saturated carbocycles. The van der Waals surface area contributed by atoms with E-state index in [-0.39, 0.29) is 5.69 Å². The Hall–Kier alpha value is -2.10. The second-order valence-electron chi connectivity index (χ2n) is 4.08. The largest absolute Gasteiger partial charge is 0.476 e. The number of carboxylic acid groups (broad SMARTS) is 1. The van der Waals surface area contributed by atoms with Crippen molar-refractivity contribution in [1.29, 1.82) is 0 Å². The average molecular weight is 245 g/mol. The zero-order chi connectivity index (χ0) is 13.1. The van der Waals surface area contributed by atoms with E-state index in [0.29, 0.717) is 5.76 Å². The highest BCUT2D eigenvalue weighted by Gasteiger charge is 2.14. The van der Waals surface area contributed by atoms with Crippen molar-refractivity contribution < 1.29 is 14.4 Å². The van der Waals surface area contributed by atoms with Gasteiger partial charge in [0.05, 0.1) is 0 Å². The summed E-state index contributed by atoms with van der Waals surface area (Å²) < 4.78 is 5.12. The molecule has 0 radical (unpaired) electrons. The number of aromatic carboxylic acids is 1. The van der Waals surface area contributed by atoms with E-state index >= 15 is 0 Å². The monoisotopic (exact) mass is 245 g/mol. The van der Waals surface area contributed by atoms with E-state index < -0.39 is 5.97 Å². The van der Waals surface area contributed by atoms with E-state index in [2.05, 4.69) is 31.1 Å². The van der Waals surface area contributed by atoms with Crippen molar-refractivity contribution in [1.82, 2.24) is 5.16 Å². The first-order valence-corrected chi connectivity index (χ1v) is 5.97. The van der Waals surface area contributed by atoms with E-state index in [0.717, 1.165) is 24.0 Å². The van der Waals surface area contributed by atoms with Crippen LogP contribution < -0.4 is 0 Å². The highest BCUT2D eigenvalue weighted by atomic mass is 16.5. The highest BCUT2D eigenvalue weighted by Crippen LogP contribution is 2.26. The average Bonchev–Trinajstić information content (AvgIpc) is 2.87. The predicted molar refractivity (Wildman–Crippen MR) is 67.7 cm³/mol. The van der Waals surface area contributed by atoms with Crippen molar-refractivity contribution in [2.45, 2.75) is 26.7 Å². The first-order chi connectivity index (χ1) is 8.65. The van der Waals surface area contributed by atoms with Crippen LogP contribution >= 0.6 is 0 Å². The Morgan fingerprint density at radius 2 is 2.06 bits per heavy atom. The molecule has 0 spiro atoms. The lowest BCUT2D eigenvalue weighted by molar-refractivity contribution is 0.0686. The molecule has 0 unspecified atom stereocenters. The second-order valence-corrected chi connectivity index (χ2v) is 4.08. The lowest BCUT2D eigenvalue weighted by atomic mass is 9.99. The third-order valence-corrected chi connectivity index (χ3v) is 2.96. The molecule has 18 heavy (non-hydrogen) atoms. The summed E-state index contributed by atoms with van der Waals surface area (Å²) >= 11 is 0. The van der Waals surface area contributed by atoms with Crippen molar-refractivity contribution >= 4 is 5.97 Å². The minimum atomic E-state index is -1.07. The molecule has 0 amide bonds. The molecule has 94 valence electrons. The van der Waals surface area contributed by atoms with E-state index in [1.807, 2.05) is 6.07 Å². The summed E-state index contributed by atoms with van der Waals surface area (Å²) in [6.45, 7) is 4.13. The van der Waals surface area contributed by atoms with Crippen LogP contribution in [0.25, 0.3) is 11.3 Å². The number of carbonyl (C=O) groups is 1. The molecule has 4 nitrogen and oxygen atoms in total. The molecule has 2 rings (SSSR count). The Morgan fingerprint density at radius 3 is 2.61 bits per heavy atom. The standard InChI is InChI=1S/C14H15NO3/c1-3-9-5-6-10(4-2)11(7-9)13-8-12(14(16)17)15-18-13/h5-8H,3-4H2,1-2H3,(H,16,17). The molecule has 0 aliphatic heterocycles. The van der Waals surface area contributed by atoms with Crippen molar-refractivity contribution in [2.75, 3.05) is 0 Å². The van der Waals surface area contributed by atoms with Crippen LogP contribution in [0.3, 0.4) is 0 Å². The molecule has 1 N–H and O–H groups in total. The van der Waals surface area contributed by atoms with Gasteiger partial charge >= 0.3 is 5.97 Å².